The molecule has 1 aliphatic rings. The van der Waals surface area contributed by atoms with Crippen molar-refractivity contribution in [2.75, 3.05) is 26.2 Å². The van der Waals surface area contributed by atoms with Crippen molar-refractivity contribution in [3.8, 4) is 5.75 Å². The fourth-order valence-electron chi connectivity index (χ4n) is 2.22. The van der Waals surface area contributed by atoms with Gasteiger partial charge in [-0.05, 0) is 25.6 Å². The van der Waals surface area contributed by atoms with Gasteiger partial charge in [-0.15, -0.1) is 0 Å². The Morgan fingerprint density at radius 1 is 1.44 bits per heavy atom. The summed E-state index contributed by atoms with van der Waals surface area (Å²) < 4.78 is 5.61. The highest BCUT2D eigenvalue weighted by atomic mass is 16.5. The number of nitrogens with zero attached hydrogens (tertiary/aromatic N) is 1. The van der Waals surface area contributed by atoms with Crippen LogP contribution in [0.2, 0.25) is 0 Å². The molecular weight excluding hydrogens is 228 g/mol. The summed E-state index contributed by atoms with van der Waals surface area (Å²) in [5, 5.41) is 3.32. The first-order valence-electron chi connectivity index (χ1n) is 6.47. The molecule has 0 aliphatic carbocycles. The highest BCUT2D eigenvalue weighted by Crippen LogP contribution is 2.22. The summed E-state index contributed by atoms with van der Waals surface area (Å²) >= 11 is 0. The zero-order valence-electron chi connectivity index (χ0n) is 11.0. The van der Waals surface area contributed by atoms with Crippen LogP contribution in [0.1, 0.15) is 24.2 Å². The summed E-state index contributed by atoms with van der Waals surface area (Å²) in [4.78, 5) is 14.3. The van der Waals surface area contributed by atoms with Crippen molar-refractivity contribution < 1.29 is 9.53 Å². The number of rotatable bonds is 4. The van der Waals surface area contributed by atoms with Gasteiger partial charge < -0.3 is 15.0 Å². The first-order valence-corrected chi connectivity index (χ1v) is 6.47. The second-order valence-corrected chi connectivity index (χ2v) is 4.55. The predicted molar refractivity (Wildman–Crippen MR) is 71.0 cm³/mol. The number of likely N-dealkylation sites (N-methyl/N-ethyl adjacent to an activating group) is 1. The summed E-state index contributed by atoms with van der Waals surface area (Å²) in [5.74, 6) is 0.758. The normalized spacial score (nSPS) is 16.8. The molecule has 0 fully saturated rings. The molecule has 1 aromatic carbocycles. The van der Waals surface area contributed by atoms with E-state index in [0.29, 0.717) is 37.1 Å². The number of fused-ring (bicyclic) bond motifs is 1. The molecular formula is C14H20N2O2. The van der Waals surface area contributed by atoms with Gasteiger partial charge in [0.15, 0.2) is 0 Å². The minimum absolute atomic E-state index is 0.0628. The maximum atomic E-state index is 12.4. The number of benzene rings is 1. The van der Waals surface area contributed by atoms with Gasteiger partial charge in [0.25, 0.3) is 5.91 Å². The molecule has 18 heavy (non-hydrogen) atoms. The molecule has 4 nitrogen and oxygen atoms in total. The lowest BCUT2D eigenvalue weighted by atomic mass is 10.1. The third-order valence-electron chi connectivity index (χ3n) is 3.07. The molecule has 2 rings (SSSR count). The van der Waals surface area contributed by atoms with Gasteiger partial charge >= 0.3 is 0 Å². The lowest BCUT2D eigenvalue weighted by molar-refractivity contribution is 0.0741. The van der Waals surface area contributed by atoms with Crippen LogP contribution in [0.4, 0.5) is 0 Å². The van der Waals surface area contributed by atoms with Crippen molar-refractivity contribution in [1.82, 2.24) is 10.2 Å². The van der Waals surface area contributed by atoms with Gasteiger partial charge in [-0.2, -0.15) is 0 Å². The number of carbonyl (C=O) groups excluding carboxylic acids is 1. The highest BCUT2D eigenvalue weighted by Gasteiger charge is 2.23. The molecule has 1 unspecified atom stereocenters. The maximum Gasteiger partial charge on any atom is 0.257 e. The molecule has 0 spiro atoms. The third kappa shape index (κ3) is 2.82. The molecule has 0 aromatic heterocycles. The van der Waals surface area contributed by atoms with E-state index < -0.39 is 0 Å². The summed E-state index contributed by atoms with van der Waals surface area (Å²) in [6.45, 7) is 6.99. The number of nitrogens with one attached hydrogen (secondary N) is 1. The number of para-hydroxylation sites is 1. The third-order valence-corrected chi connectivity index (χ3v) is 3.07. The Hall–Kier alpha value is -1.55. The van der Waals surface area contributed by atoms with E-state index in [1.807, 2.05) is 29.2 Å². The first-order chi connectivity index (χ1) is 8.72. The Morgan fingerprint density at radius 3 is 3.00 bits per heavy atom. The summed E-state index contributed by atoms with van der Waals surface area (Å²) in [7, 11) is 0. The smallest absolute Gasteiger partial charge is 0.257 e. The topological polar surface area (TPSA) is 41.6 Å². The number of hydrogen-bond donors (Lipinski definition) is 1. The fourth-order valence-corrected chi connectivity index (χ4v) is 2.22. The molecule has 1 N–H and O–H groups in total. The molecule has 1 aromatic rings. The van der Waals surface area contributed by atoms with E-state index in [4.69, 9.17) is 4.74 Å². The summed E-state index contributed by atoms with van der Waals surface area (Å²) in [5.41, 5.74) is 0.665. The molecule has 4 heteroatoms. The molecule has 0 bridgehead atoms. The van der Waals surface area contributed by atoms with Gasteiger partial charge in [0.1, 0.15) is 12.4 Å². The van der Waals surface area contributed by atoms with Crippen molar-refractivity contribution >= 4 is 5.91 Å². The Morgan fingerprint density at radius 2 is 2.22 bits per heavy atom. The van der Waals surface area contributed by atoms with Crippen molar-refractivity contribution in [3.63, 3.8) is 0 Å². The number of amides is 1. The van der Waals surface area contributed by atoms with Crippen LogP contribution in [0.3, 0.4) is 0 Å². The van der Waals surface area contributed by atoms with E-state index in [0.717, 1.165) is 6.54 Å². The lowest BCUT2D eigenvalue weighted by Crippen LogP contribution is -2.42. The Labute approximate surface area is 108 Å². The van der Waals surface area contributed by atoms with E-state index in [2.05, 4.69) is 19.2 Å². The second kappa shape index (κ2) is 5.87. The molecule has 0 saturated heterocycles. The minimum atomic E-state index is 0.0628. The van der Waals surface area contributed by atoms with Crippen molar-refractivity contribution in [1.29, 1.82) is 0 Å². The monoisotopic (exact) mass is 248 g/mol. The fraction of sp³-hybridized carbons (Fsp3) is 0.500. The van der Waals surface area contributed by atoms with Gasteiger partial charge in [-0.1, -0.05) is 19.1 Å². The zero-order chi connectivity index (χ0) is 13.0. The molecule has 1 heterocycles. The van der Waals surface area contributed by atoms with E-state index in [9.17, 15) is 4.79 Å². The minimum Gasteiger partial charge on any atom is -0.491 e. The maximum absolute atomic E-state index is 12.4. The van der Waals surface area contributed by atoms with E-state index in [1.165, 1.54) is 0 Å². The van der Waals surface area contributed by atoms with Crippen LogP contribution in [-0.2, 0) is 0 Å². The van der Waals surface area contributed by atoms with Crippen LogP contribution in [0.15, 0.2) is 24.3 Å². The van der Waals surface area contributed by atoms with Crippen molar-refractivity contribution in [2.45, 2.75) is 19.9 Å². The Balaban J connectivity index is 2.12. The Bertz CT molecular complexity index is 420. The van der Waals surface area contributed by atoms with Gasteiger partial charge in [-0.25, -0.2) is 0 Å². The molecule has 1 atom stereocenters. The van der Waals surface area contributed by atoms with Gasteiger partial charge in [0.05, 0.1) is 12.1 Å². The SMILES string of the molecule is CCNC(C)CN1CCOc2ccccc2C1=O. The summed E-state index contributed by atoms with van der Waals surface area (Å²) in [6.07, 6.45) is 0. The van der Waals surface area contributed by atoms with E-state index >= 15 is 0 Å². The van der Waals surface area contributed by atoms with Gasteiger partial charge in [-0.3, -0.25) is 4.79 Å². The van der Waals surface area contributed by atoms with Gasteiger partial charge in [0.2, 0.25) is 0 Å². The lowest BCUT2D eigenvalue weighted by Gasteiger charge is -2.24. The van der Waals surface area contributed by atoms with Gasteiger partial charge in [0, 0.05) is 12.6 Å². The number of ether oxygens (including phenoxy) is 1. The zero-order valence-corrected chi connectivity index (χ0v) is 11.0. The molecule has 0 saturated carbocycles. The molecule has 1 aliphatic heterocycles. The van der Waals surface area contributed by atoms with Crippen LogP contribution in [0.5, 0.6) is 5.75 Å². The standard InChI is InChI=1S/C14H20N2O2/c1-3-15-11(2)10-16-8-9-18-13-7-5-4-6-12(13)14(16)17/h4-7,11,15H,3,8-10H2,1-2H3. The predicted octanol–water partition coefficient (Wildman–Crippen LogP) is 1.52. The van der Waals surface area contributed by atoms with E-state index in [-0.39, 0.29) is 5.91 Å². The van der Waals surface area contributed by atoms with Crippen LogP contribution < -0.4 is 10.1 Å². The second-order valence-electron chi connectivity index (χ2n) is 4.55. The quantitative estimate of drug-likeness (QED) is 0.878. The summed E-state index contributed by atoms with van der Waals surface area (Å²) in [6, 6.07) is 7.74. The molecule has 1 amide bonds. The largest absolute Gasteiger partial charge is 0.491 e. The van der Waals surface area contributed by atoms with E-state index in [1.54, 1.807) is 0 Å². The average Bonchev–Trinajstić information content (AvgIpc) is 2.51. The molecule has 0 radical (unpaired) electrons. The average molecular weight is 248 g/mol. The van der Waals surface area contributed by atoms with Crippen molar-refractivity contribution in [2.24, 2.45) is 0 Å². The van der Waals surface area contributed by atoms with Crippen LogP contribution >= 0.6 is 0 Å². The van der Waals surface area contributed by atoms with Crippen molar-refractivity contribution in [3.05, 3.63) is 29.8 Å². The molecule has 98 valence electrons. The highest BCUT2D eigenvalue weighted by molar-refractivity contribution is 5.97. The van der Waals surface area contributed by atoms with Crippen LogP contribution in [-0.4, -0.2) is 43.1 Å². The number of carbonyl (C=O) groups is 1. The van der Waals surface area contributed by atoms with Crippen LogP contribution in [0.25, 0.3) is 0 Å². The first kappa shape index (κ1) is 12.9. The van der Waals surface area contributed by atoms with Crippen LogP contribution in [0, 0.1) is 0 Å². The Kier molecular flexibility index (Phi) is 4.20. The number of hydrogen-bond acceptors (Lipinski definition) is 3.